The Hall–Kier alpha value is -2.16. The Bertz CT molecular complexity index is 731. The molecule has 0 aromatic carbocycles. The van der Waals surface area contributed by atoms with Gasteiger partial charge in [-0.1, -0.05) is 27.7 Å². The quantitative estimate of drug-likeness (QED) is 0.593. The summed E-state index contributed by atoms with van der Waals surface area (Å²) in [6.45, 7) is 11.6. The van der Waals surface area contributed by atoms with Crippen LogP contribution in [0, 0.1) is 11.3 Å². The first-order chi connectivity index (χ1) is 15.1. The molecule has 2 aliphatic heterocycles. The molecule has 0 bridgehead atoms. The van der Waals surface area contributed by atoms with Crippen molar-refractivity contribution in [2.45, 2.75) is 65.3 Å². The second-order valence-corrected chi connectivity index (χ2v) is 10.6. The molecule has 1 aliphatic carbocycles. The van der Waals surface area contributed by atoms with Crippen LogP contribution in [0.1, 0.15) is 59.8 Å². The summed E-state index contributed by atoms with van der Waals surface area (Å²) in [6, 6.07) is -0.455. The van der Waals surface area contributed by atoms with E-state index in [2.05, 4.69) is 31.4 Å². The highest BCUT2D eigenvalue weighted by Crippen LogP contribution is 2.43. The molecule has 1 spiro atoms. The van der Waals surface area contributed by atoms with Gasteiger partial charge in [-0.25, -0.2) is 4.79 Å². The predicted molar refractivity (Wildman–Crippen MR) is 121 cm³/mol. The topological polar surface area (TPSA) is 102 Å². The Morgan fingerprint density at radius 1 is 1.06 bits per heavy atom. The third-order valence-electron chi connectivity index (χ3n) is 7.27. The molecule has 180 valence electrons. The molecular formula is C23H39N5O4. The first kappa shape index (κ1) is 24.5. The molecule has 9 nitrogen and oxygen atoms in total. The van der Waals surface area contributed by atoms with E-state index in [0.717, 1.165) is 24.2 Å². The predicted octanol–water partition coefficient (Wildman–Crippen LogP) is 1.18. The normalized spacial score (nSPS) is 27.1. The molecular weight excluding hydrogens is 410 g/mol. The number of hydrogen-bond acceptors (Lipinski definition) is 5. The van der Waals surface area contributed by atoms with Gasteiger partial charge >= 0.3 is 6.03 Å². The summed E-state index contributed by atoms with van der Waals surface area (Å²) in [4.78, 5) is 55.2. The van der Waals surface area contributed by atoms with Crippen molar-refractivity contribution in [2.24, 2.45) is 11.3 Å². The van der Waals surface area contributed by atoms with Gasteiger partial charge < -0.3 is 15.5 Å². The number of imide groups is 1. The van der Waals surface area contributed by atoms with Crippen LogP contribution in [0.3, 0.4) is 0 Å². The monoisotopic (exact) mass is 449 g/mol. The summed E-state index contributed by atoms with van der Waals surface area (Å²) in [5, 5.41) is 5.77. The summed E-state index contributed by atoms with van der Waals surface area (Å²) >= 11 is 0. The van der Waals surface area contributed by atoms with Gasteiger partial charge in [0.2, 0.25) is 11.8 Å². The van der Waals surface area contributed by atoms with Crippen molar-refractivity contribution in [1.82, 2.24) is 25.3 Å². The van der Waals surface area contributed by atoms with Crippen LogP contribution < -0.4 is 10.6 Å². The number of nitrogens with zero attached hydrogens (tertiary/aromatic N) is 3. The van der Waals surface area contributed by atoms with Crippen molar-refractivity contribution in [3.8, 4) is 0 Å². The lowest BCUT2D eigenvalue weighted by molar-refractivity contribution is -0.141. The van der Waals surface area contributed by atoms with Gasteiger partial charge in [0, 0.05) is 32.7 Å². The van der Waals surface area contributed by atoms with Gasteiger partial charge in [-0.2, -0.15) is 0 Å². The highest BCUT2D eigenvalue weighted by atomic mass is 16.2. The van der Waals surface area contributed by atoms with Gasteiger partial charge in [-0.15, -0.1) is 0 Å². The standard InChI is InChI=1S/C23H39N5O4/c1-5-10-24-18(29)15-26-11-13-27(14-12-26)19(30)16-28-20(31)23(25-21(28)32)8-6-17(7-9-23)22(2,3)4/h17H,5-16H2,1-4H3,(H,24,29)(H,25,32). The van der Waals surface area contributed by atoms with Crippen LogP contribution in [0.5, 0.6) is 0 Å². The van der Waals surface area contributed by atoms with Crippen molar-refractivity contribution in [3.63, 3.8) is 0 Å². The van der Waals surface area contributed by atoms with E-state index < -0.39 is 11.6 Å². The van der Waals surface area contributed by atoms with E-state index in [-0.39, 0.29) is 29.7 Å². The number of rotatable bonds is 6. The molecule has 0 aromatic heterocycles. The van der Waals surface area contributed by atoms with Crippen molar-refractivity contribution >= 4 is 23.8 Å². The minimum absolute atomic E-state index is 0.00237. The van der Waals surface area contributed by atoms with Gasteiger partial charge in [0.15, 0.2) is 0 Å². The van der Waals surface area contributed by atoms with Crippen LogP contribution >= 0.6 is 0 Å². The summed E-state index contributed by atoms with van der Waals surface area (Å²) in [5.74, 6) is 0.0461. The minimum Gasteiger partial charge on any atom is -0.355 e. The summed E-state index contributed by atoms with van der Waals surface area (Å²) < 4.78 is 0. The van der Waals surface area contributed by atoms with E-state index in [1.165, 1.54) is 0 Å². The molecule has 2 N–H and O–H groups in total. The zero-order valence-corrected chi connectivity index (χ0v) is 20.0. The highest BCUT2D eigenvalue weighted by Gasteiger charge is 2.53. The highest BCUT2D eigenvalue weighted by molar-refractivity contribution is 6.09. The van der Waals surface area contributed by atoms with E-state index in [1.54, 1.807) is 4.90 Å². The van der Waals surface area contributed by atoms with E-state index in [9.17, 15) is 19.2 Å². The molecule has 32 heavy (non-hydrogen) atoms. The fraction of sp³-hybridized carbons (Fsp3) is 0.826. The van der Waals surface area contributed by atoms with Crippen LogP contribution in [-0.4, -0.2) is 89.8 Å². The molecule has 3 fully saturated rings. The molecule has 0 unspecified atom stereocenters. The van der Waals surface area contributed by atoms with Gasteiger partial charge in [0.05, 0.1) is 6.54 Å². The molecule has 3 rings (SSSR count). The number of hydrogen-bond donors (Lipinski definition) is 2. The Labute approximate surface area is 191 Å². The smallest absolute Gasteiger partial charge is 0.325 e. The second-order valence-electron chi connectivity index (χ2n) is 10.6. The largest absolute Gasteiger partial charge is 0.355 e. The zero-order chi connectivity index (χ0) is 23.5. The second kappa shape index (κ2) is 9.77. The number of nitrogens with one attached hydrogen (secondary N) is 2. The zero-order valence-electron chi connectivity index (χ0n) is 20.0. The Kier molecular flexibility index (Phi) is 7.47. The fourth-order valence-corrected chi connectivity index (χ4v) is 5.05. The number of carbonyl (C=O) groups is 4. The van der Waals surface area contributed by atoms with E-state index >= 15 is 0 Å². The van der Waals surface area contributed by atoms with Crippen molar-refractivity contribution in [3.05, 3.63) is 0 Å². The maximum Gasteiger partial charge on any atom is 0.325 e. The molecule has 0 radical (unpaired) electrons. The number of amides is 5. The molecule has 5 amide bonds. The Morgan fingerprint density at radius 3 is 2.25 bits per heavy atom. The minimum atomic E-state index is -0.844. The molecule has 1 saturated carbocycles. The van der Waals surface area contributed by atoms with Crippen LogP contribution in [0.25, 0.3) is 0 Å². The number of carbonyl (C=O) groups excluding carboxylic acids is 4. The summed E-state index contributed by atoms with van der Waals surface area (Å²) in [7, 11) is 0. The van der Waals surface area contributed by atoms with Crippen LogP contribution in [0.15, 0.2) is 0 Å². The Balaban J connectivity index is 1.49. The maximum atomic E-state index is 13.1. The van der Waals surface area contributed by atoms with Gasteiger partial charge in [-0.05, 0) is 43.4 Å². The average molecular weight is 450 g/mol. The van der Waals surface area contributed by atoms with Crippen molar-refractivity contribution in [2.75, 3.05) is 45.8 Å². The molecule has 0 atom stereocenters. The molecule has 9 heteroatoms. The van der Waals surface area contributed by atoms with Crippen molar-refractivity contribution < 1.29 is 19.2 Å². The summed E-state index contributed by atoms with van der Waals surface area (Å²) in [5.41, 5.74) is -0.661. The van der Waals surface area contributed by atoms with E-state index in [1.807, 2.05) is 11.8 Å². The van der Waals surface area contributed by atoms with E-state index in [0.29, 0.717) is 58.0 Å². The summed E-state index contributed by atoms with van der Waals surface area (Å²) in [6.07, 6.45) is 3.94. The number of urea groups is 1. The molecule has 0 aromatic rings. The molecule has 2 saturated heterocycles. The third-order valence-corrected chi connectivity index (χ3v) is 7.27. The van der Waals surface area contributed by atoms with Gasteiger partial charge in [0.25, 0.3) is 5.91 Å². The van der Waals surface area contributed by atoms with Crippen LogP contribution in [-0.2, 0) is 14.4 Å². The van der Waals surface area contributed by atoms with E-state index in [4.69, 9.17) is 0 Å². The average Bonchev–Trinajstić information content (AvgIpc) is 2.96. The van der Waals surface area contributed by atoms with Gasteiger partial charge in [0.1, 0.15) is 12.1 Å². The van der Waals surface area contributed by atoms with Gasteiger partial charge in [-0.3, -0.25) is 24.2 Å². The lowest BCUT2D eigenvalue weighted by Gasteiger charge is -2.40. The SMILES string of the molecule is CCCNC(=O)CN1CCN(C(=O)CN2C(=O)NC3(CCC(C(C)(C)C)CC3)C2=O)CC1. The molecule has 2 heterocycles. The lowest BCUT2D eigenvalue weighted by atomic mass is 9.67. The van der Waals surface area contributed by atoms with Crippen LogP contribution in [0.2, 0.25) is 0 Å². The molecule has 3 aliphatic rings. The maximum absolute atomic E-state index is 13.1. The third kappa shape index (κ3) is 5.42. The number of piperazine rings is 1. The lowest BCUT2D eigenvalue weighted by Crippen LogP contribution is -2.54. The Morgan fingerprint density at radius 2 is 1.69 bits per heavy atom. The first-order valence-corrected chi connectivity index (χ1v) is 12.0. The van der Waals surface area contributed by atoms with Crippen LogP contribution in [0.4, 0.5) is 4.79 Å². The fourth-order valence-electron chi connectivity index (χ4n) is 5.05. The van der Waals surface area contributed by atoms with Crippen molar-refractivity contribution in [1.29, 1.82) is 0 Å². The first-order valence-electron chi connectivity index (χ1n) is 12.0.